The first-order valence-electron chi connectivity index (χ1n) is 9.44. The molecule has 2 aromatic carbocycles. The van der Waals surface area contributed by atoms with E-state index in [-0.39, 0.29) is 0 Å². The molecule has 0 saturated heterocycles. The molecule has 3 aliphatic heterocycles. The number of rotatable bonds is 1. The summed E-state index contributed by atoms with van der Waals surface area (Å²) in [5, 5.41) is 0. The largest absolute Gasteiger partial charge is 0.453 e. The Balaban J connectivity index is 1.64. The fraction of sp³-hybridized carbons (Fsp3) is 0.318. The van der Waals surface area contributed by atoms with Gasteiger partial charge in [0.25, 0.3) is 0 Å². The van der Waals surface area contributed by atoms with Gasteiger partial charge in [-0.3, -0.25) is 9.89 Å². The second-order valence-electron chi connectivity index (χ2n) is 7.32. The Morgan fingerprint density at radius 1 is 0.962 bits per heavy atom. The monoisotopic (exact) mass is 345 g/mol. The highest BCUT2D eigenvalue weighted by molar-refractivity contribution is 5.89. The number of nitrogens with zero attached hydrogens (tertiary/aromatic N) is 3. The summed E-state index contributed by atoms with van der Waals surface area (Å²) in [5.41, 5.74) is 2.17. The summed E-state index contributed by atoms with van der Waals surface area (Å²) in [4.78, 5) is 9.69. The molecule has 5 rings (SSSR count). The molecule has 0 bridgehead atoms. The van der Waals surface area contributed by atoms with E-state index in [4.69, 9.17) is 9.73 Å². The maximum Gasteiger partial charge on any atom is 0.151 e. The molecule has 0 spiro atoms. The molecule has 2 atom stereocenters. The van der Waals surface area contributed by atoms with Gasteiger partial charge in [0.1, 0.15) is 11.7 Å². The van der Waals surface area contributed by atoms with Gasteiger partial charge in [0, 0.05) is 18.5 Å². The summed E-state index contributed by atoms with van der Waals surface area (Å²) in [6.45, 7) is 4.49. The molecule has 2 aromatic rings. The van der Waals surface area contributed by atoms with E-state index < -0.39 is 0 Å². The van der Waals surface area contributed by atoms with Crippen molar-refractivity contribution >= 4 is 17.2 Å². The van der Waals surface area contributed by atoms with Gasteiger partial charge in [-0.05, 0) is 57.0 Å². The van der Waals surface area contributed by atoms with Crippen LogP contribution < -0.4 is 9.64 Å². The van der Waals surface area contributed by atoms with Gasteiger partial charge in [0.2, 0.25) is 0 Å². The van der Waals surface area contributed by atoms with Crippen LogP contribution in [-0.2, 0) is 0 Å². The van der Waals surface area contributed by atoms with Crippen molar-refractivity contribution in [3.8, 4) is 11.5 Å². The van der Waals surface area contributed by atoms with Crippen LogP contribution in [0.2, 0.25) is 0 Å². The SMILES string of the molecule is CC1CCC(N2C(N3c4ccccc4Oc4ccccc43)=CCC2C)=N1. The quantitative estimate of drug-likeness (QED) is 0.688. The zero-order valence-electron chi connectivity index (χ0n) is 15.2. The number of amidine groups is 1. The van der Waals surface area contributed by atoms with Crippen LogP contribution in [-0.4, -0.2) is 22.8 Å². The molecule has 4 nitrogen and oxygen atoms in total. The number of hydrogen-bond acceptors (Lipinski definition) is 4. The van der Waals surface area contributed by atoms with Crippen molar-refractivity contribution in [1.82, 2.24) is 4.90 Å². The van der Waals surface area contributed by atoms with E-state index in [0.29, 0.717) is 12.1 Å². The van der Waals surface area contributed by atoms with E-state index in [1.807, 2.05) is 24.3 Å². The number of fused-ring (bicyclic) bond motifs is 2. The fourth-order valence-electron chi connectivity index (χ4n) is 4.15. The number of hydrogen-bond donors (Lipinski definition) is 0. The zero-order valence-corrected chi connectivity index (χ0v) is 15.2. The van der Waals surface area contributed by atoms with Gasteiger partial charge in [-0.2, -0.15) is 0 Å². The summed E-state index contributed by atoms with van der Waals surface area (Å²) in [7, 11) is 0. The van der Waals surface area contributed by atoms with E-state index in [9.17, 15) is 0 Å². The number of aliphatic imine (C=N–C) groups is 1. The molecule has 132 valence electrons. The first-order chi connectivity index (χ1) is 12.7. The number of benzene rings is 2. The predicted octanol–water partition coefficient (Wildman–Crippen LogP) is 5.45. The van der Waals surface area contributed by atoms with Gasteiger partial charge in [-0.15, -0.1) is 0 Å². The highest BCUT2D eigenvalue weighted by atomic mass is 16.5. The minimum atomic E-state index is 0.420. The average Bonchev–Trinajstić information content (AvgIpc) is 3.25. The Labute approximate surface area is 154 Å². The maximum absolute atomic E-state index is 6.15. The van der Waals surface area contributed by atoms with Crippen LogP contribution in [0.25, 0.3) is 0 Å². The second-order valence-corrected chi connectivity index (χ2v) is 7.32. The highest BCUT2D eigenvalue weighted by Crippen LogP contribution is 2.50. The third kappa shape index (κ3) is 2.32. The summed E-state index contributed by atoms with van der Waals surface area (Å²) in [6, 6.07) is 17.4. The van der Waals surface area contributed by atoms with Crippen molar-refractivity contribution in [1.29, 1.82) is 0 Å². The van der Waals surface area contributed by atoms with Crippen molar-refractivity contribution in [3.05, 3.63) is 60.4 Å². The van der Waals surface area contributed by atoms with Crippen molar-refractivity contribution in [2.24, 2.45) is 4.99 Å². The van der Waals surface area contributed by atoms with Gasteiger partial charge in [0.15, 0.2) is 11.5 Å². The van der Waals surface area contributed by atoms with Gasteiger partial charge in [-0.1, -0.05) is 24.3 Å². The number of anilines is 2. The molecule has 0 amide bonds. The van der Waals surface area contributed by atoms with E-state index in [1.165, 1.54) is 11.7 Å². The predicted molar refractivity (Wildman–Crippen MR) is 105 cm³/mol. The van der Waals surface area contributed by atoms with Crippen molar-refractivity contribution in [2.75, 3.05) is 4.90 Å². The van der Waals surface area contributed by atoms with Crippen LogP contribution in [0.4, 0.5) is 11.4 Å². The lowest BCUT2D eigenvalue weighted by Gasteiger charge is -2.38. The molecular formula is C22H23N3O. The smallest absolute Gasteiger partial charge is 0.151 e. The fourth-order valence-corrected chi connectivity index (χ4v) is 4.15. The van der Waals surface area contributed by atoms with Gasteiger partial charge < -0.3 is 9.64 Å². The highest BCUT2D eigenvalue weighted by Gasteiger charge is 2.36. The van der Waals surface area contributed by atoms with Crippen LogP contribution in [0, 0.1) is 0 Å². The average molecular weight is 345 g/mol. The standard InChI is InChI=1S/C22H23N3O/c1-15-11-13-21(23-15)24-16(2)12-14-22(24)25-17-7-3-5-9-19(17)26-20-10-6-4-8-18(20)25/h3-10,14-16H,11-13H2,1-2H3. The summed E-state index contributed by atoms with van der Waals surface area (Å²) in [5.74, 6) is 4.21. The van der Waals surface area contributed by atoms with Crippen LogP contribution in [0.1, 0.15) is 33.1 Å². The molecule has 0 radical (unpaired) electrons. The van der Waals surface area contributed by atoms with Crippen LogP contribution in [0.3, 0.4) is 0 Å². The molecule has 2 unspecified atom stereocenters. The van der Waals surface area contributed by atoms with Gasteiger partial charge in [0.05, 0.1) is 11.4 Å². The number of para-hydroxylation sites is 4. The van der Waals surface area contributed by atoms with Gasteiger partial charge in [-0.25, -0.2) is 0 Å². The minimum Gasteiger partial charge on any atom is -0.453 e. The van der Waals surface area contributed by atoms with Crippen molar-refractivity contribution in [3.63, 3.8) is 0 Å². The Morgan fingerprint density at radius 2 is 1.62 bits per heavy atom. The third-order valence-corrected chi connectivity index (χ3v) is 5.42. The first-order valence-corrected chi connectivity index (χ1v) is 9.44. The molecule has 0 aromatic heterocycles. The molecule has 3 heterocycles. The zero-order chi connectivity index (χ0) is 17.7. The molecule has 26 heavy (non-hydrogen) atoms. The molecular weight excluding hydrogens is 322 g/mol. The van der Waals surface area contributed by atoms with Crippen LogP contribution in [0.5, 0.6) is 11.5 Å². The Hall–Kier alpha value is -2.75. The minimum absolute atomic E-state index is 0.420. The van der Waals surface area contributed by atoms with Crippen molar-refractivity contribution < 1.29 is 4.74 Å². The Bertz CT molecular complexity index is 872. The normalized spacial score (nSPS) is 23.9. The molecule has 0 fully saturated rings. The summed E-state index contributed by atoms with van der Waals surface area (Å²) < 4.78 is 6.15. The Kier molecular flexibility index (Phi) is 3.52. The Morgan fingerprint density at radius 3 is 2.23 bits per heavy atom. The molecule has 0 aliphatic carbocycles. The molecule has 0 N–H and O–H groups in total. The lowest BCUT2D eigenvalue weighted by atomic mass is 10.1. The molecule has 0 saturated carbocycles. The third-order valence-electron chi connectivity index (χ3n) is 5.42. The lowest BCUT2D eigenvalue weighted by Crippen LogP contribution is -2.39. The topological polar surface area (TPSA) is 28.1 Å². The van der Waals surface area contributed by atoms with E-state index >= 15 is 0 Å². The van der Waals surface area contributed by atoms with Crippen molar-refractivity contribution in [2.45, 2.75) is 45.2 Å². The molecule has 3 aliphatic rings. The van der Waals surface area contributed by atoms with E-state index in [0.717, 1.165) is 42.1 Å². The first kappa shape index (κ1) is 15.5. The maximum atomic E-state index is 6.15. The van der Waals surface area contributed by atoms with E-state index in [1.54, 1.807) is 0 Å². The lowest BCUT2D eigenvalue weighted by molar-refractivity contribution is 0.419. The second kappa shape index (κ2) is 5.90. The summed E-state index contributed by atoms with van der Waals surface area (Å²) >= 11 is 0. The molecule has 4 heteroatoms. The van der Waals surface area contributed by atoms with Gasteiger partial charge >= 0.3 is 0 Å². The van der Waals surface area contributed by atoms with E-state index in [2.05, 4.69) is 54.0 Å². The summed E-state index contributed by atoms with van der Waals surface area (Å²) in [6.07, 6.45) is 5.57. The van der Waals surface area contributed by atoms with Crippen LogP contribution >= 0.6 is 0 Å². The van der Waals surface area contributed by atoms with Crippen LogP contribution in [0.15, 0.2) is 65.4 Å². The number of ether oxygens (including phenoxy) is 1.